The Hall–Kier alpha value is -0.530. The highest BCUT2D eigenvalue weighted by molar-refractivity contribution is 6.30. The predicted octanol–water partition coefficient (Wildman–Crippen LogP) is 4.30. The van der Waals surface area contributed by atoms with Crippen LogP contribution >= 0.6 is 11.6 Å². The van der Waals surface area contributed by atoms with Crippen molar-refractivity contribution in [3.05, 3.63) is 34.9 Å². The van der Waals surface area contributed by atoms with Gasteiger partial charge in [0.1, 0.15) is 0 Å². The van der Waals surface area contributed by atoms with Crippen molar-refractivity contribution in [1.29, 1.82) is 0 Å². The lowest BCUT2D eigenvalue weighted by Gasteiger charge is -2.24. The summed E-state index contributed by atoms with van der Waals surface area (Å²) in [4.78, 5) is 0. The molecular formula is C16H24ClN. The third-order valence-corrected chi connectivity index (χ3v) is 4.35. The highest BCUT2D eigenvalue weighted by Gasteiger charge is 2.24. The van der Waals surface area contributed by atoms with Gasteiger partial charge in [-0.25, -0.2) is 0 Å². The zero-order valence-electron chi connectivity index (χ0n) is 11.3. The van der Waals surface area contributed by atoms with Crippen LogP contribution in [0.5, 0.6) is 0 Å². The van der Waals surface area contributed by atoms with E-state index in [1.54, 1.807) is 0 Å². The Balaban J connectivity index is 1.99. The van der Waals surface area contributed by atoms with Crippen LogP contribution in [-0.4, -0.2) is 13.1 Å². The molecule has 1 N–H and O–H groups in total. The minimum Gasteiger partial charge on any atom is -0.317 e. The monoisotopic (exact) mass is 265 g/mol. The Morgan fingerprint density at radius 3 is 2.78 bits per heavy atom. The molecule has 1 aromatic rings. The minimum absolute atomic E-state index is 0.769. The van der Waals surface area contributed by atoms with Gasteiger partial charge in [0.2, 0.25) is 0 Å². The highest BCUT2D eigenvalue weighted by atomic mass is 35.5. The molecule has 1 aliphatic carbocycles. The van der Waals surface area contributed by atoms with Gasteiger partial charge in [-0.15, -0.1) is 0 Å². The normalized spacial score (nSPS) is 18.1. The van der Waals surface area contributed by atoms with Gasteiger partial charge in [-0.1, -0.05) is 56.3 Å². The molecule has 0 amide bonds. The maximum atomic E-state index is 6.08. The Morgan fingerprint density at radius 1 is 1.33 bits per heavy atom. The number of halogens is 1. The number of benzene rings is 1. The van der Waals surface area contributed by atoms with Crippen molar-refractivity contribution >= 4 is 11.6 Å². The van der Waals surface area contributed by atoms with E-state index in [2.05, 4.69) is 30.4 Å². The lowest BCUT2D eigenvalue weighted by Crippen LogP contribution is -2.28. The molecule has 0 heterocycles. The summed E-state index contributed by atoms with van der Waals surface area (Å²) < 4.78 is 0. The van der Waals surface area contributed by atoms with Gasteiger partial charge in [-0.2, -0.15) is 0 Å². The van der Waals surface area contributed by atoms with E-state index in [-0.39, 0.29) is 0 Å². The minimum atomic E-state index is 0.769. The highest BCUT2D eigenvalue weighted by Crippen LogP contribution is 2.33. The molecule has 0 saturated heterocycles. The van der Waals surface area contributed by atoms with Gasteiger partial charge in [-0.3, -0.25) is 0 Å². The molecule has 100 valence electrons. The Labute approximate surface area is 116 Å². The summed E-state index contributed by atoms with van der Waals surface area (Å²) in [6.07, 6.45) is 6.83. The quantitative estimate of drug-likeness (QED) is 0.809. The molecule has 0 aromatic heterocycles. The van der Waals surface area contributed by atoms with Crippen molar-refractivity contribution in [2.45, 2.75) is 39.0 Å². The molecule has 1 aromatic carbocycles. The van der Waals surface area contributed by atoms with Crippen LogP contribution in [-0.2, 0) is 6.42 Å². The van der Waals surface area contributed by atoms with Crippen LogP contribution in [0.25, 0.3) is 0 Å². The van der Waals surface area contributed by atoms with Crippen LogP contribution in [0.2, 0.25) is 5.02 Å². The molecule has 0 bridgehead atoms. The first-order chi connectivity index (χ1) is 8.79. The third-order valence-electron chi connectivity index (χ3n) is 4.11. The lowest BCUT2D eigenvalue weighted by molar-refractivity contribution is 0.323. The smallest absolute Gasteiger partial charge is 0.0408 e. The molecule has 1 atom stereocenters. The fourth-order valence-electron chi connectivity index (χ4n) is 3.13. The summed E-state index contributed by atoms with van der Waals surface area (Å²) in [5, 5.41) is 4.39. The van der Waals surface area contributed by atoms with E-state index < -0.39 is 0 Å². The maximum Gasteiger partial charge on any atom is 0.0408 e. The average molecular weight is 266 g/mol. The van der Waals surface area contributed by atoms with Crippen LogP contribution in [0.4, 0.5) is 0 Å². The fourth-order valence-corrected chi connectivity index (χ4v) is 3.34. The van der Waals surface area contributed by atoms with Crippen molar-refractivity contribution in [3.63, 3.8) is 0 Å². The molecule has 1 saturated carbocycles. The molecule has 0 spiro atoms. The van der Waals surface area contributed by atoms with E-state index in [1.807, 2.05) is 6.07 Å². The average Bonchev–Trinajstić information content (AvgIpc) is 2.88. The van der Waals surface area contributed by atoms with E-state index in [0.29, 0.717) is 0 Å². The number of hydrogen-bond acceptors (Lipinski definition) is 1. The molecule has 0 radical (unpaired) electrons. The molecule has 1 fully saturated rings. The van der Waals surface area contributed by atoms with Crippen LogP contribution in [0.3, 0.4) is 0 Å². The first kappa shape index (κ1) is 13.9. The van der Waals surface area contributed by atoms with Gasteiger partial charge in [-0.05, 0) is 49.0 Å². The van der Waals surface area contributed by atoms with Gasteiger partial charge in [0.05, 0.1) is 0 Å². The number of nitrogens with one attached hydrogen (secondary N) is 1. The van der Waals surface area contributed by atoms with Gasteiger partial charge >= 0.3 is 0 Å². The largest absolute Gasteiger partial charge is 0.317 e. The molecule has 2 heteroatoms. The number of rotatable bonds is 6. The van der Waals surface area contributed by atoms with Crippen molar-refractivity contribution in [2.24, 2.45) is 11.8 Å². The first-order valence-electron chi connectivity index (χ1n) is 7.24. The summed E-state index contributed by atoms with van der Waals surface area (Å²) in [6, 6.07) is 8.35. The summed E-state index contributed by atoms with van der Waals surface area (Å²) in [7, 11) is 0. The standard InChI is InChI=1S/C16H24ClN/c1-2-18-12-15(14-7-3-4-8-14)10-13-6-5-9-16(17)11-13/h5-6,9,11,14-15,18H,2-4,7-8,10,12H2,1H3. The third kappa shape index (κ3) is 4.00. The second-order valence-electron chi connectivity index (χ2n) is 5.45. The molecule has 2 rings (SSSR count). The van der Waals surface area contributed by atoms with Crippen LogP contribution in [0.15, 0.2) is 24.3 Å². The topological polar surface area (TPSA) is 12.0 Å². The fraction of sp³-hybridized carbons (Fsp3) is 0.625. The SMILES string of the molecule is CCNCC(Cc1cccc(Cl)c1)C1CCCC1. The van der Waals surface area contributed by atoms with Crippen LogP contribution < -0.4 is 5.32 Å². The molecule has 1 aliphatic rings. The van der Waals surface area contributed by atoms with E-state index >= 15 is 0 Å². The van der Waals surface area contributed by atoms with Crippen LogP contribution in [0, 0.1) is 11.8 Å². The van der Waals surface area contributed by atoms with E-state index in [9.17, 15) is 0 Å². The zero-order chi connectivity index (χ0) is 12.8. The van der Waals surface area contributed by atoms with E-state index in [1.165, 1.54) is 31.2 Å². The van der Waals surface area contributed by atoms with Crippen molar-refractivity contribution < 1.29 is 0 Å². The Bertz CT molecular complexity index is 358. The summed E-state index contributed by atoms with van der Waals surface area (Å²) in [5.74, 6) is 1.67. The van der Waals surface area contributed by atoms with Crippen molar-refractivity contribution in [1.82, 2.24) is 5.32 Å². The van der Waals surface area contributed by atoms with Crippen molar-refractivity contribution in [3.8, 4) is 0 Å². The Morgan fingerprint density at radius 2 is 2.11 bits per heavy atom. The molecule has 0 aliphatic heterocycles. The molecule has 1 unspecified atom stereocenters. The first-order valence-corrected chi connectivity index (χ1v) is 7.62. The van der Waals surface area contributed by atoms with E-state index in [4.69, 9.17) is 11.6 Å². The maximum absolute atomic E-state index is 6.08. The second kappa shape index (κ2) is 7.16. The van der Waals surface area contributed by atoms with Crippen LogP contribution in [0.1, 0.15) is 38.2 Å². The molecule has 1 nitrogen and oxygen atoms in total. The zero-order valence-corrected chi connectivity index (χ0v) is 12.0. The summed E-state index contributed by atoms with van der Waals surface area (Å²) in [6.45, 7) is 4.40. The lowest BCUT2D eigenvalue weighted by atomic mass is 9.85. The summed E-state index contributed by atoms with van der Waals surface area (Å²) >= 11 is 6.08. The van der Waals surface area contributed by atoms with Gasteiger partial charge in [0.25, 0.3) is 0 Å². The van der Waals surface area contributed by atoms with E-state index in [0.717, 1.165) is 36.4 Å². The number of hydrogen-bond donors (Lipinski definition) is 1. The predicted molar refractivity (Wildman–Crippen MR) is 79.1 cm³/mol. The second-order valence-corrected chi connectivity index (χ2v) is 5.88. The van der Waals surface area contributed by atoms with Crippen molar-refractivity contribution in [2.75, 3.05) is 13.1 Å². The van der Waals surface area contributed by atoms with Gasteiger partial charge in [0, 0.05) is 5.02 Å². The summed E-state index contributed by atoms with van der Waals surface area (Å²) in [5.41, 5.74) is 1.39. The Kier molecular flexibility index (Phi) is 5.52. The van der Waals surface area contributed by atoms with Gasteiger partial charge < -0.3 is 5.32 Å². The molecular weight excluding hydrogens is 242 g/mol. The molecule has 18 heavy (non-hydrogen) atoms. The van der Waals surface area contributed by atoms with Gasteiger partial charge in [0.15, 0.2) is 0 Å².